The minimum Gasteiger partial charge on any atom is -0.372 e. The third-order valence-corrected chi connectivity index (χ3v) is 4.09. The van der Waals surface area contributed by atoms with Crippen LogP contribution < -0.4 is 4.72 Å². The van der Waals surface area contributed by atoms with E-state index < -0.39 is 11.0 Å². The van der Waals surface area contributed by atoms with Crippen molar-refractivity contribution >= 4 is 11.0 Å². The fourth-order valence-corrected chi connectivity index (χ4v) is 2.85. The lowest BCUT2D eigenvalue weighted by atomic mass is 9.95. The molecule has 1 heterocycles. The number of hydrogen-bond acceptors (Lipinski definition) is 2. The average Bonchev–Trinajstić information content (AvgIpc) is 2.24. The topological polar surface area (TPSA) is 38.3 Å². The Morgan fingerprint density at radius 3 is 2.75 bits per heavy atom. The molecule has 1 aliphatic rings. The highest BCUT2D eigenvalue weighted by atomic mass is 32.2. The zero-order valence-electron chi connectivity index (χ0n) is 9.82. The van der Waals surface area contributed by atoms with Crippen LogP contribution in [0.2, 0.25) is 0 Å². The summed E-state index contributed by atoms with van der Waals surface area (Å²) in [6.07, 6.45) is 0. The Labute approximate surface area is 98.8 Å². The van der Waals surface area contributed by atoms with Gasteiger partial charge in [0.1, 0.15) is 11.0 Å². The monoisotopic (exact) mass is 239 g/mol. The van der Waals surface area contributed by atoms with Gasteiger partial charge in [-0.2, -0.15) is 0 Å². The first-order valence-corrected chi connectivity index (χ1v) is 6.52. The smallest absolute Gasteiger partial charge is 0.125 e. The van der Waals surface area contributed by atoms with E-state index in [2.05, 4.69) is 4.72 Å². The van der Waals surface area contributed by atoms with Crippen molar-refractivity contribution in [3.8, 4) is 0 Å². The van der Waals surface area contributed by atoms with Crippen molar-refractivity contribution in [2.24, 2.45) is 0 Å². The van der Waals surface area contributed by atoms with Crippen molar-refractivity contribution in [2.75, 3.05) is 6.61 Å². The van der Waals surface area contributed by atoms with Gasteiger partial charge in [0, 0.05) is 0 Å². The van der Waals surface area contributed by atoms with E-state index in [1.807, 2.05) is 45.0 Å². The first-order chi connectivity index (χ1) is 7.49. The number of benzene rings is 1. The van der Waals surface area contributed by atoms with Crippen molar-refractivity contribution in [1.29, 1.82) is 0 Å². The quantitative estimate of drug-likeness (QED) is 0.873. The Bertz CT molecular complexity index is 417. The lowest BCUT2D eigenvalue weighted by Gasteiger charge is -2.44. The van der Waals surface area contributed by atoms with Gasteiger partial charge in [-0.3, -0.25) is 0 Å². The molecule has 3 nitrogen and oxygen atoms in total. The van der Waals surface area contributed by atoms with Crippen LogP contribution in [0, 0.1) is 6.92 Å². The number of ether oxygens (including phenoxy) is 1. The second kappa shape index (κ2) is 4.28. The van der Waals surface area contributed by atoms with Gasteiger partial charge in [0.05, 0.1) is 23.1 Å². The Kier molecular flexibility index (Phi) is 3.15. The lowest BCUT2D eigenvalue weighted by Crippen LogP contribution is -2.61. The highest BCUT2D eigenvalue weighted by molar-refractivity contribution is 7.83. The molecule has 2 unspecified atom stereocenters. The Balaban J connectivity index is 2.04. The Morgan fingerprint density at radius 1 is 1.50 bits per heavy atom. The van der Waals surface area contributed by atoms with Crippen molar-refractivity contribution in [3.63, 3.8) is 0 Å². The highest BCUT2D eigenvalue weighted by Crippen LogP contribution is 2.26. The van der Waals surface area contributed by atoms with Crippen molar-refractivity contribution in [1.82, 2.24) is 4.72 Å². The maximum Gasteiger partial charge on any atom is 0.125 e. The summed E-state index contributed by atoms with van der Waals surface area (Å²) >= 11 is 0. The van der Waals surface area contributed by atoms with E-state index in [-0.39, 0.29) is 11.6 Å². The van der Waals surface area contributed by atoms with Gasteiger partial charge in [0.2, 0.25) is 0 Å². The molecule has 0 saturated carbocycles. The lowest BCUT2D eigenvalue weighted by molar-refractivity contribution is -0.146. The van der Waals surface area contributed by atoms with Crippen LogP contribution in [0.3, 0.4) is 0 Å². The van der Waals surface area contributed by atoms with Crippen LogP contribution in [0.5, 0.6) is 0 Å². The van der Waals surface area contributed by atoms with E-state index in [0.29, 0.717) is 6.61 Å². The van der Waals surface area contributed by atoms with Crippen LogP contribution in [-0.2, 0) is 15.7 Å². The number of rotatable bonds is 3. The molecule has 1 aliphatic heterocycles. The molecule has 0 radical (unpaired) electrons. The summed E-state index contributed by atoms with van der Waals surface area (Å²) < 4.78 is 20.5. The molecule has 2 rings (SSSR count). The molecule has 16 heavy (non-hydrogen) atoms. The molecule has 0 aliphatic carbocycles. The predicted molar refractivity (Wildman–Crippen MR) is 64.5 cm³/mol. The Hall–Kier alpha value is -0.710. The van der Waals surface area contributed by atoms with Gasteiger partial charge in [0.15, 0.2) is 0 Å². The third kappa shape index (κ3) is 2.34. The van der Waals surface area contributed by atoms with Crippen molar-refractivity contribution < 1.29 is 8.95 Å². The summed E-state index contributed by atoms with van der Waals surface area (Å²) in [6.45, 7) is 6.63. The molecule has 0 spiro atoms. The molecule has 1 aromatic carbocycles. The first-order valence-electron chi connectivity index (χ1n) is 5.37. The maximum atomic E-state index is 12.0. The molecular formula is C12H17NO2S. The summed E-state index contributed by atoms with van der Waals surface area (Å²) in [6, 6.07) is 7.90. The molecular weight excluding hydrogens is 222 g/mol. The summed E-state index contributed by atoms with van der Waals surface area (Å²) in [5, 5.41) is 0. The Morgan fingerprint density at radius 2 is 2.25 bits per heavy atom. The molecule has 2 atom stereocenters. The molecule has 1 aromatic rings. The molecule has 1 saturated heterocycles. The van der Waals surface area contributed by atoms with Gasteiger partial charge < -0.3 is 4.74 Å². The summed E-state index contributed by atoms with van der Waals surface area (Å²) in [7, 11) is -1.15. The largest absolute Gasteiger partial charge is 0.372 e. The van der Waals surface area contributed by atoms with Crippen molar-refractivity contribution in [3.05, 3.63) is 29.8 Å². The van der Waals surface area contributed by atoms with Gasteiger partial charge in [-0.15, -0.1) is 0 Å². The zero-order valence-corrected chi connectivity index (χ0v) is 10.6. The van der Waals surface area contributed by atoms with Crippen LogP contribution in [0.4, 0.5) is 0 Å². The van der Waals surface area contributed by atoms with E-state index in [0.717, 1.165) is 10.5 Å². The SMILES string of the molecule is Cc1cccc(S(=O)NC2COC2(C)C)c1. The fourth-order valence-electron chi connectivity index (χ4n) is 1.60. The molecule has 0 aromatic heterocycles. The van der Waals surface area contributed by atoms with E-state index in [1.54, 1.807) is 0 Å². The highest BCUT2D eigenvalue weighted by Gasteiger charge is 2.40. The number of hydrogen-bond donors (Lipinski definition) is 1. The van der Waals surface area contributed by atoms with Crippen LogP contribution in [-0.4, -0.2) is 22.5 Å². The van der Waals surface area contributed by atoms with Gasteiger partial charge >= 0.3 is 0 Å². The molecule has 4 heteroatoms. The maximum absolute atomic E-state index is 12.0. The minimum atomic E-state index is -1.15. The van der Waals surface area contributed by atoms with E-state index in [4.69, 9.17) is 4.74 Å². The summed E-state index contributed by atoms with van der Waals surface area (Å²) in [5.74, 6) is 0. The number of aryl methyl sites for hydroxylation is 1. The minimum absolute atomic E-state index is 0.161. The van der Waals surface area contributed by atoms with E-state index in [1.165, 1.54) is 0 Å². The predicted octanol–water partition coefficient (Wildman–Crippen LogP) is 1.78. The van der Waals surface area contributed by atoms with Gasteiger partial charge in [-0.05, 0) is 38.5 Å². The second-order valence-corrected chi connectivity index (χ2v) is 5.91. The first kappa shape index (κ1) is 11.8. The third-order valence-electron chi connectivity index (χ3n) is 2.91. The summed E-state index contributed by atoms with van der Waals surface area (Å²) in [5.41, 5.74) is 0.913. The zero-order chi connectivity index (χ0) is 11.8. The van der Waals surface area contributed by atoms with E-state index >= 15 is 0 Å². The molecule has 88 valence electrons. The average molecular weight is 239 g/mol. The molecule has 0 bridgehead atoms. The fraction of sp³-hybridized carbons (Fsp3) is 0.500. The number of nitrogens with one attached hydrogen (secondary N) is 1. The van der Waals surface area contributed by atoms with Crippen molar-refractivity contribution in [2.45, 2.75) is 37.3 Å². The summed E-state index contributed by atoms with van der Waals surface area (Å²) in [4.78, 5) is 0.822. The van der Waals surface area contributed by atoms with Gasteiger partial charge in [-0.25, -0.2) is 8.93 Å². The molecule has 1 fully saturated rings. The van der Waals surface area contributed by atoms with Crippen LogP contribution in [0.15, 0.2) is 29.2 Å². The molecule has 1 N–H and O–H groups in total. The van der Waals surface area contributed by atoms with Gasteiger partial charge in [-0.1, -0.05) is 12.1 Å². The van der Waals surface area contributed by atoms with E-state index in [9.17, 15) is 4.21 Å². The van der Waals surface area contributed by atoms with Crippen LogP contribution in [0.1, 0.15) is 19.4 Å². The molecule has 0 amide bonds. The second-order valence-electron chi connectivity index (χ2n) is 4.67. The van der Waals surface area contributed by atoms with Crippen LogP contribution >= 0.6 is 0 Å². The normalized spacial score (nSPS) is 24.8. The standard InChI is InChI=1S/C12H17NO2S/c1-9-5-4-6-10(7-9)16(14)13-11-8-15-12(11,2)3/h4-7,11,13H,8H2,1-3H3. The van der Waals surface area contributed by atoms with Crippen LogP contribution in [0.25, 0.3) is 0 Å². The van der Waals surface area contributed by atoms with Gasteiger partial charge in [0.25, 0.3) is 0 Å².